The third kappa shape index (κ3) is 4.31. The van der Waals surface area contributed by atoms with E-state index in [0.717, 1.165) is 0 Å². The van der Waals surface area contributed by atoms with E-state index in [0.29, 0.717) is 28.5 Å². The smallest absolute Gasteiger partial charge is 0.326 e. The molecule has 29 heavy (non-hydrogen) atoms. The number of urea groups is 1. The minimum Gasteiger partial charge on any atom is -0.493 e. The Morgan fingerprint density at radius 1 is 1.07 bits per heavy atom. The Hall–Kier alpha value is -3.55. The first-order valence-electron chi connectivity index (χ1n) is 8.82. The molecule has 2 aromatic rings. The molecule has 2 amide bonds. The number of benzene rings is 2. The number of ketones is 1. The first kappa shape index (κ1) is 20.2. The molecule has 0 aromatic heterocycles. The number of rotatable bonds is 5. The molecule has 1 unspecified atom stereocenters. The number of amides is 2. The number of carbonyl (C=O) groups excluding carboxylic acids is 2. The Kier molecular flexibility index (Phi) is 6.01. The highest BCUT2D eigenvalue weighted by atomic mass is 19.1. The van der Waals surface area contributed by atoms with Crippen LogP contribution in [0.5, 0.6) is 17.2 Å². The summed E-state index contributed by atoms with van der Waals surface area (Å²) in [5.74, 6) is 0.680. The van der Waals surface area contributed by atoms with Gasteiger partial charge in [-0.15, -0.1) is 0 Å². The summed E-state index contributed by atoms with van der Waals surface area (Å²) in [4.78, 5) is 26.3. The summed E-state index contributed by atoms with van der Waals surface area (Å²) in [5, 5.41) is 2.77. The molecule has 152 valence electrons. The number of nitrogens with one attached hydrogen (secondary N) is 1. The molecule has 1 atom stereocenters. The normalized spacial score (nSPS) is 15.8. The average Bonchev–Trinajstić information content (AvgIpc) is 2.73. The van der Waals surface area contributed by atoms with Gasteiger partial charge in [0.05, 0.1) is 33.1 Å². The SMILES string of the molecule is COc1cc(NC(=O)N2C=CC(=O)CC2c2ccc(F)cc2)cc(OC)c1OC. The van der Waals surface area contributed by atoms with Gasteiger partial charge in [-0.2, -0.15) is 0 Å². The number of allylic oxidation sites excluding steroid dienone is 1. The molecule has 2 aromatic carbocycles. The Morgan fingerprint density at radius 3 is 2.24 bits per heavy atom. The van der Waals surface area contributed by atoms with Gasteiger partial charge in [-0.25, -0.2) is 9.18 Å². The van der Waals surface area contributed by atoms with Crippen LogP contribution >= 0.6 is 0 Å². The number of nitrogens with zero attached hydrogens (tertiary/aromatic N) is 1. The highest BCUT2D eigenvalue weighted by Crippen LogP contribution is 2.40. The van der Waals surface area contributed by atoms with Gasteiger partial charge in [-0.1, -0.05) is 12.1 Å². The lowest BCUT2D eigenvalue weighted by molar-refractivity contribution is -0.116. The Balaban J connectivity index is 1.89. The lowest BCUT2D eigenvalue weighted by Gasteiger charge is -2.31. The van der Waals surface area contributed by atoms with Crippen LogP contribution in [-0.2, 0) is 4.79 Å². The van der Waals surface area contributed by atoms with Gasteiger partial charge in [0.15, 0.2) is 17.3 Å². The molecule has 3 rings (SSSR count). The summed E-state index contributed by atoms with van der Waals surface area (Å²) >= 11 is 0. The molecule has 8 heteroatoms. The molecular weight excluding hydrogens is 379 g/mol. The number of anilines is 1. The second-order valence-corrected chi connectivity index (χ2v) is 6.30. The quantitative estimate of drug-likeness (QED) is 0.823. The lowest BCUT2D eigenvalue weighted by atomic mass is 9.97. The number of hydrogen-bond acceptors (Lipinski definition) is 5. The van der Waals surface area contributed by atoms with Crippen LogP contribution in [-0.4, -0.2) is 38.0 Å². The molecule has 1 heterocycles. The van der Waals surface area contributed by atoms with Crippen LogP contribution in [0.15, 0.2) is 48.7 Å². The van der Waals surface area contributed by atoms with Gasteiger partial charge in [-0.3, -0.25) is 9.69 Å². The third-order valence-corrected chi connectivity index (χ3v) is 4.56. The van der Waals surface area contributed by atoms with E-state index in [4.69, 9.17) is 14.2 Å². The molecule has 0 aliphatic carbocycles. The molecule has 7 nitrogen and oxygen atoms in total. The van der Waals surface area contributed by atoms with Crippen molar-refractivity contribution in [1.82, 2.24) is 4.90 Å². The summed E-state index contributed by atoms with van der Waals surface area (Å²) in [7, 11) is 4.44. The number of methoxy groups -OCH3 is 3. The van der Waals surface area contributed by atoms with E-state index in [2.05, 4.69) is 5.32 Å². The Labute approximate surface area is 167 Å². The highest BCUT2D eigenvalue weighted by Gasteiger charge is 2.29. The Morgan fingerprint density at radius 2 is 1.69 bits per heavy atom. The first-order chi connectivity index (χ1) is 14.0. The number of carbonyl (C=O) groups is 2. The third-order valence-electron chi connectivity index (χ3n) is 4.56. The summed E-state index contributed by atoms with van der Waals surface area (Å²) in [6.45, 7) is 0. The topological polar surface area (TPSA) is 77.1 Å². The molecule has 0 spiro atoms. The molecule has 0 saturated carbocycles. The summed E-state index contributed by atoms with van der Waals surface area (Å²) in [5.41, 5.74) is 1.08. The van der Waals surface area contributed by atoms with Crippen molar-refractivity contribution >= 4 is 17.5 Å². The molecule has 0 bridgehead atoms. The Bertz CT molecular complexity index is 918. The zero-order valence-corrected chi connectivity index (χ0v) is 16.3. The summed E-state index contributed by atoms with van der Waals surface area (Å²) in [6.07, 6.45) is 2.87. The van der Waals surface area contributed by atoms with Gasteiger partial charge in [-0.05, 0) is 23.8 Å². The van der Waals surface area contributed by atoms with Crippen molar-refractivity contribution in [3.8, 4) is 17.2 Å². The van der Waals surface area contributed by atoms with E-state index in [1.165, 1.54) is 50.6 Å². The van der Waals surface area contributed by atoms with Gasteiger partial charge in [0.1, 0.15) is 5.82 Å². The van der Waals surface area contributed by atoms with Crippen LogP contribution in [0.1, 0.15) is 18.0 Å². The van der Waals surface area contributed by atoms with E-state index in [1.807, 2.05) is 0 Å². The molecule has 1 N–H and O–H groups in total. The highest BCUT2D eigenvalue weighted by molar-refractivity contribution is 5.96. The van der Waals surface area contributed by atoms with Crippen molar-refractivity contribution in [2.45, 2.75) is 12.5 Å². The summed E-state index contributed by atoms with van der Waals surface area (Å²) < 4.78 is 29.1. The maximum Gasteiger partial charge on any atom is 0.326 e. The fourth-order valence-corrected chi connectivity index (χ4v) is 3.14. The van der Waals surface area contributed by atoms with Crippen LogP contribution in [0.3, 0.4) is 0 Å². The van der Waals surface area contributed by atoms with Crippen molar-refractivity contribution < 1.29 is 28.2 Å². The average molecular weight is 400 g/mol. The van der Waals surface area contributed by atoms with Crippen LogP contribution in [0.4, 0.5) is 14.9 Å². The van der Waals surface area contributed by atoms with Crippen LogP contribution in [0.2, 0.25) is 0 Å². The van der Waals surface area contributed by atoms with Crippen molar-refractivity contribution in [2.75, 3.05) is 26.6 Å². The molecule has 0 saturated heterocycles. The first-order valence-corrected chi connectivity index (χ1v) is 8.82. The zero-order chi connectivity index (χ0) is 21.0. The standard InChI is InChI=1S/C21H21FN2O5/c1-27-18-10-15(11-19(28-2)20(18)29-3)23-21(26)24-9-8-16(25)12-17(24)13-4-6-14(22)7-5-13/h4-11,17H,12H2,1-3H3,(H,23,26). The molecular formula is C21H21FN2O5. The van der Waals surface area contributed by atoms with Gasteiger partial charge < -0.3 is 19.5 Å². The molecule has 1 aliphatic rings. The fraction of sp³-hybridized carbons (Fsp3) is 0.238. The predicted molar refractivity (Wildman–Crippen MR) is 105 cm³/mol. The largest absolute Gasteiger partial charge is 0.493 e. The minimum absolute atomic E-state index is 0.102. The monoisotopic (exact) mass is 400 g/mol. The van der Waals surface area contributed by atoms with Crippen LogP contribution < -0.4 is 19.5 Å². The van der Waals surface area contributed by atoms with Crippen molar-refractivity contribution in [1.29, 1.82) is 0 Å². The van der Waals surface area contributed by atoms with Crippen molar-refractivity contribution in [2.24, 2.45) is 0 Å². The second-order valence-electron chi connectivity index (χ2n) is 6.30. The van der Waals surface area contributed by atoms with Gasteiger partial charge in [0.25, 0.3) is 0 Å². The second kappa shape index (κ2) is 8.64. The minimum atomic E-state index is -0.546. The maximum atomic E-state index is 13.3. The van der Waals surface area contributed by atoms with E-state index >= 15 is 0 Å². The van der Waals surface area contributed by atoms with E-state index in [-0.39, 0.29) is 18.0 Å². The lowest BCUT2D eigenvalue weighted by Crippen LogP contribution is -2.37. The number of hydrogen-bond donors (Lipinski definition) is 1. The molecule has 0 fully saturated rings. The van der Waals surface area contributed by atoms with Crippen LogP contribution in [0.25, 0.3) is 0 Å². The molecule has 0 radical (unpaired) electrons. The van der Waals surface area contributed by atoms with E-state index in [9.17, 15) is 14.0 Å². The number of ether oxygens (including phenoxy) is 3. The number of halogens is 1. The van der Waals surface area contributed by atoms with Crippen molar-refractivity contribution in [3.05, 3.63) is 60.1 Å². The van der Waals surface area contributed by atoms with Crippen molar-refractivity contribution in [3.63, 3.8) is 0 Å². The van der Waals surface area contributed by atoms with Gasteiger partial charge in [0.2, 0.25) is 5.75 Å². The molecule has 1 aliphatic heterocycles. The fourth-order valence-electron chi connectivity index (χ4n) is 3.14. The predicted octanol–water partition coefficient (Wildman–Crippen LogP) is 3.91. The van der Waals surface area contributed by atoms with Gasteiger partial charge in [0, 0.05) is 24.8 Å². The van der Waals surface area contributed by atoms with Crippen LogP contribution in [0, 0.1) is 5.82 Å². The maximum absolute atomic E-state index is 13.3. The van der Waals surface area contributed by atoms with E-state index in [1.54, 1.807) is 24.3 Å². The zero-order valence-electron chi connectivity index (χ0n) is 16.3. The summed E-state index contributed by atoms with van der Waals surface area (Å²) in [6, 6.07) is 7.92. The van der Waals surface area contributed by atoms with E-state index < -0.39 is 12.1 Å². The van der Waals surface area contributed by atoms with Gasteiger partial charge >= 0.3 is 6.03 Å².